The van der Waals surface area contributed by atoms with Crippen molar-refractivity contribution in [3.63, 3.8) is 0 Å². The van der Waals surface area contributed by atoms with Crippen molar-refractivity contribution in [2.75, 3.05) is 18.0 Å². The lowest BCUT2D eigenvalue weighted by molar-refractivity contribution is 0.413. The molecule has 1 fully saturated rings. The Morgan fingerprint density at radius 3 is 3.00 bits per heavy atom. The average molecular weight is 389 g/mol. The number of aryl methyl sites for hydroxylation is 1. The van der Waals surface area contributed by atoms with Crippen LogP contribution in [0.2, 0.25) is 0 Å². The number of halogens is 1. The van der Waals surface area contributed by atoms with E-state index in [1.807, 2.05) is 24.3 Å². The number of fused-ring (bicyclic) bond motifs is 1. The Morgan fingerprint density at radius 2 is 2.17 bits per heavy atom. The van der Waals surface area contributed by atoms with Gasteiger partial charge in [-0.3, -0.25) is 4.79 Å². The summed E-state index contributed by atoms with van der Waals surface area (Å²) in [6, 6.07) is 7.81. The number of hydrogen-bond acceptors (Lipinski definition) is 5. The van der Waals surface area contributed by atoms with Gasteiger partial charge in [0.1, 0.15) is 9.99 Å². The van der Waals surface area contributed by atoms with Crippen molar-refractivity contribution in [1.29, 1.82) is 0 Å². The van der Waals surface area contributed by atoms with Crippen LogP contribution in [0.3, 0.4) is 0 Å². The summed E-state index contributed by atoms with van der Waals surface area (Å²) >= 11 is 3.42. The Hall–Kier alpha value is -2.15. The Kier molecular flexibility index (Phi) is 3.88. The van der Waals surface area contributed by atoms with E-state index < -0.39 is 0 Å². The average Bonchev–Trinajstić information content (AvgIpc) is 3.04. The van der Waals surface area contributed by atoms with E-state index in [2.05, 4.69) is 30.9 Å². The number of benzene rings is 1. The van der Waals surface area contributed by atoms with Gasteiger partial charge in [0, 0.05) is 20.1 Å². The molecule has 24 heavy (non-hydrogen) atoms. The summed E-state index contributed by atoms with van der Waals surface area (Å²) in [4.78, 5) is 18.9. The fraction of sp³-hybridized carbons (Fsp3) is 0.353. The van der Waals surface area contributed by atoms with Gasteiger partial charge in [-0.25, -0.2) is 9.67 Å². The monoisotopic (exact) mass is 388 g/mol. The van der Waals surface area contributed by atoms with Crippen molar-refractivity contribution in [1.82, 2.24) is 14.8 Å². The number of aromatic nitrogens is 3. The minimum Gasteiger partial charge on any atom is -0.440 e. The molecule has 0 bridgehead atoms. The minimum atomic E-state index is -0.128. The first-order chi connectivity index (χ1) is 11.6. The van der Waals surface area contributed by atoms with Crippen LogP contribution in [0.25, 0.3) is 11.1 Å². The Balaban J connectivity index is 1.64. The van der Waals surface area contributed by atoms with Gasteiger partial charge in [-0.2, -0.15) is 5.10 Å². The van der Waals surface area contributed by atoms with Gasteiger partial charge in [0.2, 0.25) is 0 Å². The lowest BCUT2D eigenvalue weighted by Gasteiger charge is -2.33. The minimum absolute atomic E-state index is 0.128. The number of piperidine rings is 1. The highest BCUT2D eigenvalue weighted by Crippen LogP contribution is 2.32. The van der Waals surface area contributed by atoms with Crippen LogP contribution >= 0.6 is 15.9 Å². The van der Waals surface area contributed by atoms with Crippen LogP contribution in [0.4, 0.5) is 5.69 Å². The molecule has 0 saturated carbocycles. The van der Waals surface area contributed by atoms with Gasteiger partial charge in [0.25, 0.3) is 5.56 Å². The lowest BCUT2D eigenvalue weighted by atomic mass is 9.97. The highest BCUT2D eigenvalue weighted by molar-refractivity contribution is 9.10. The summed E-state index contributed by atoms with van der Waals surface area (Å²) in [5.41, 5.74) is 2.41. The molecule has 7 heteroatoms. The summed E-state index contributed by atoms with van der Waals surface area (Å²) in [5, 5.41) is 4.14. The topological polar surface area (TPSA) is 64.2 Å². The zero-order chi connectivity index (χ0) is 16.7. The molecule has 0 spiro atoms. The van der Waals surface area contributed by atoms with Gasteiger partial charge in [-0.1, -0.05) is 12.1 Å². The molecule has 0 amide bonds. The number of oxazole rings is 1. The molecule has 124 valence electrons. The Bertz CT molecular complexity index is 916. The summed E-state index contributed by atoms with van der Waals surface area (Å²) in [6.45, 7) is 1.66. The molecule has 2 aromatic heterocycles. The molecule has 1 unspecified atom stereocenters. The van der Waals surface area contributed by atoms with Gasteiger partial charge in [0.15, 0.2) is 11.5 Å². The van der Waals surface area contributed by atoms with Crippen LogP contribution in [0, 0.1) is 0 Å². The summed E-state index contributed by atoms with van der Waals surface area (Å²) in [7, 11) is 1.65. The second-order valence-electron chi connectivity index (χ2n) is 6.08. The van der Waals surface area contributed by atoms with E-state index in [0.717, 1.165) is 48.6 Å². The maximum Gasteiger partial charge on any atom is 0.282 e. The zero-order valence-electron chi connectivity index (χ0n) is 13.3. The van der Waals surface area contributed by atoms with Crippen LogP contribution in [-0.4, -0.2) is 27.9 Å². The van der Waals surface area contributed by atoms with Crippen LogP contribution in [0.1, 0.15) is 24.7 Å². The first-order valence-corrected chi connectivity index (χ1v) is 8.75. The fourth-order valence-electron chi connectivity index (χ4n) is 3.18. The number of rotatable bonds is 2. The maximum atomic E-state index is 12.1. The number of hydrogen-bond donors (Lipinski definition) is 0. The molecule has 3 aromatic rings. The summed E-state index contributed by atoms with van der Waals surface area (Å²) in [6.07, 6.45) is 3.78. The molecule has 0 radical (unpaired) electrons. The predicted octanol–water partition coefficient (Wildman–Crippen LogP) is 3.07. The van der Waals surface area contributed by atoms with E-state index in [-0.39, 0.29) is 11.5 Å². The van der Waals surface area contributed by atoms with Crippen molar-refractivity contribution < 1.29 is 4.42 Å². The van der Waals surface area contributed by atoms with E-state index in [9.17, 15) is 4.79 Å². The molecule has 1 aliphatic heterocycles. The van der Waals surface area contributed by atoms with Crippen LogP contribution in [0.15, 0.2) is 44.1 Å². The number of nitrogens with zero attached hydrogens (tertiary/aromatic N) is 4. The second kappa shape index (κ2) is 6.05. The molecule has 0 N–H and O–H groups in total. The molecule has 0 aliphatic carbocycles. The van der Waals surface area contributed by atoms with E-state index in [4.69, 9.17) is 4.42 Å². The van der Waals surface area contributed by atoms with Crippen molar-refractivity contribution >= 4 is 32.7 Å². The van der Waals surface area contributed by atoms with Gasteiger partial charge < -0.3 is 9.32 Å². The van der Waals surface area contributed by atoms with Crippen molar-refractivity contribution in [3.8, 4) is 0 Å². The highest BCUT2D eigenvalue weighted by Gasteiger charge is 2.27. The van der Waals surface area contributed by atoms with E-state index in [1.165, 1.54) is 4.68 Å². The third kappa shape index (κ3) is 2.62. The fourth-order valence-corrected chi connectivity index (χ4v) is 3.79. The number of anilines is 1. The third-order valence-corrected chi connectivity index (χ3v) is 5.23. The second-order valence-corrected chi connectivity index (χ2v) is 6.87. The molecule has 1 atom stereocenters. The summed E-state index contributed by atoms with van der Waals surface area (Å²) < 4.78 is 7.82. The largest absolute Gasteiger partial charge is 0.440 e. The first-order valence-electron chi connectivity index (χ1n) is 7.95. The van der Waals surface area contributed by atoms with E-state index in [0.29, 0.717) is 4.47 Å². The normalized spacial score (nSPS) is 18.2. The zero-order valence-corrected chi connectivity index (χ0v) is 14.9. The van der Waals surface area contributed by atoms with Gasteiger partial charge >= 0.3 is 0 Å². The van der Waals surface area contributed by atoms with Crippen molar-refractivity contribution in [3.05, 3.63) is 51.2 Å². The van der Waals surface area contributed by atoms with Crippen LogP contribution in [0.5, 0.6) is 0 Å². The molecular weight excluding hydrogens is 372 g/mol. The smallest absolute Gasteiger partial charge is 0.282 e. The van der Waals surface area contributed by atoms with Crippen molar-refractivity contribution in [2.24, 2.45) is 7.05 Å². The lowest BCUT2D eigenvalue weighted by Crippen LogP contribution is -2.36. The van der Waals surface area contributed by atoms with Crippen LogP contribution in [-0.2, 0) is 7.05 Å². The molecule has 6 nitrogen and oxygen atoms in total. The first kappa shape index (κ1) is 15.4. The van der Waals surface area contributed by atoms with E-state index >= 15 is 0 Å². The predicted molar refractivity (Wildman–Crippen MR) is 95.4 cm³/mol. The highest BCUT2D eigenvalue weighted by atomic mass is 79.9. The molecule has 1 aliphatic rings. The van der Waals surface area contributed by atoms with Gasteiger partial charge in [-0.05, 0) is 40.9 Å². The number of para-hydroxylation sites is 2. The summed E-state index contributed by atoms with van der Waals surface area (Å²) in [5.74, 6) is 0.982. The SMILES string of the molecule is Cn1ncc(N2CCCC(c3nc4ccccc4o3)C2)c(Br)c1=O. The molecular formula is C17H17BrN4O2. The Morgan fingerprint density at radius 1 is 1.33 bits per heavy atom. The Labute approximate surface area is 147 Å². The van der Waals surface area contributed by atoms with E-state index in [1.54, 1.807) is 13.2 Å². The van der Waals surface area contributed by atoms with Gasteiger partial charge in [-0.15, -0.1) is 0 Å². The van der Waals surface area contributed by atoms with Crippen molar-refractivity contribution in [2.45, 2.75) is 18.8 Å². The maximum absolute atomic E-state index is 12.1. The van der Waals surface area contributed by atoms with Gasteiger partial charge in [0.05, 0.1) is 17.8 Å². The quantitative estimate of drug-likeness (QED) is 0.674. The standard InChI is InChI=1S/C17H17BrN4O2/c1-21-17(23)15(18)13(9-19-21)22-8-4-5-11(10-22)16-20-12-6-2-3-7-14(12)24-16/h2-3,6-7,9,11H,4-5,8,10H2,1H3. The third-order valence-electron chi connectivity index (χ3n) is 4.48. The molecule has 1 aromatic carbocycles. The molecule has 1 saturated heterocycles. The molecule has 3 heterocycles. The van der Waals surface area contributed by atoms with Crippen LogP contribution < -0.4 is 10.5 Å². The molecule has 4 rings (SSSR count).